The lowest BCUT2D eigenvalue weighted by Gasteiger charge is -2.57. The maximum atomic E-state index is 11.8. The lowest BCUT2D eigenvalue weighted by Crippen LogP contribution is -2.51. The van der Waals surface area contributed by atoms with E-state index in [2.05, 4.69) is 18.6 Å². The largest absolute Gasteiger partial charge is 0.480 e. The predicted molar refractivity (Wildman–Crippen MR) is 109 cm³/mol. The van der Waals surface area contributed by atoms with E-state index in [4.69, 9.17) is 10.2 Å². The normalized spacial score (nSPS) is 39.6. The predicted octanol–water partition coefficient (Wildman–Crippen LogP) is 3.05. The van der Waals surface area contributed by atoms with Gasteiger partial charge >= 0.3 is 11.9 Å². The Kier molecular flexibility index (Phi) is 6.72. The fourth-order valence-electron chi connectivity index (χ4n) is 6.76. The smallest absolute Gasteiger partial charge is 0.329 e. The Labute approximate surface area is 177 Å². The number of carbonyl (C=O) groups excluding carboxylic acids is 1. The molecule has 0 amide bonds. The Balaban J connectivity index is 0.000000244. The van der Waals surface area contributed by atoms with E-state index in [0.717, 1.165) is 37.5 Å². The number of hydrogen-bond acceptors (Lipinski definition) is 5. The van der Waals surface area contributed by atoms with E-state index >= 15 is 0 Å². The third kappa shape index (κ3) is 4.33. The summed E-state index contributed by atoms with van der Waals surface area (Å²) in [5.41, 5.74) is 1.89. The fraction of sp³-hybridized carbons (Fsp3) is 0.783. The monoisotopic (exact) mass is 422 g/mol. The number of carboxylic acids is 2. The van der Waals surface area contributed by atoms with Crippen LogP contribution in [0.4, 0.5) is 0 Å². The molecule has 0 heterocycles. The Morgan fingerprint density at radius 2 is 1.67 bits per heavy atom. The second-order valence-electron chi connectivity index (χ2n) is 9.89. The molecule has 0 aromatic carbocycles. The summed E-state index contributed by atoms with van der Waals surface area (Å²) in [6, 6.07) is 0. The first kappa shape index (κ1) is 22.9. The molecule has 0 aliphatic heterocycles. The highest BCUT2D eigenvalue weighted by Crippen LogP contribution is 2.65. The van der Waals surface area contributed by atoms with Gasteiger partial charge in [-0.15, -0.1) is 0 Å². The van der Waals surface area contributed by atoms with Crippen molar-refractivity contribution in [2.24, 2.45) is 28.6 Å². The second kappa shape index (κ2) is 8.79. The Hall–Kier alpha value is -1.73. The molecule has 3 N–H and O–H groups in total. The second-order valence-corrected chi connectivity index (χ2v) is 9.89. The van der Waals surface area contributed by atoms with Crippen molar-refractivity contribution in [3.63, 3.8) is 0 Å². The van der Waals surface area contributed by atoms with Crippen LogP contribution in [-0.4, -0.2) is 52.4 Å². The number of aliphatic hydroxyl groups excluding tert-OH is 1. The van der Waals surface area contributed by atoms with E-state index in [0.29, 0.717) is 11.7 Å². The number of ketones is 1. The van der Waals surface area contributed by atoms with Gasteiger partial charge in [-0.2, -0.15) is 0 Å². The van der Waals surface area contributed by atoms with Crippen molar-refractivity contribution < 1.29 is 34.4 Å². The molecule has 0 aromatic heterocycles. The van der Waals surface area contributed by atoms with E-state index in [1.807, 2.05) is 6.08 Å². The van der Waals surface area contributed by atoms with E-state index in [1.54, 1.807) is 0 Å². The molecule has 7 nitrogen and oxygen atoms in total. The van der Waals surface area contributed by atoms with Gasteiger partial charge in [0.15, 0.2) is 5.78 Å². The highest BCUT2D eigenvalue weighted by molar-refractivity contribution is 5.91. The Morgan fingerprint density at radius 1 is 1.00 bits per heavy atom. The number of aliphatic carboxylic acids is 2. The molecule has 0 bridgehead atoms. The first-order valence-electron chi connectivity index (χ1n) is 11.0. The van der Waals surface area contributed by atoms with E-state index in [1.165, 1.54) is 31.3 Å². The molecule has 6 atom stereocenters. The number of aliphatic hydroxyl groups is 1. The van der Waals surface area contributed by atoms with Crippen LogP contribution < -0.4 is 0 Å². The van der Waals surface area contributed by atoms with Crippen LogP contribution in [0.25, 0.3) is 0 Å². The van der Waals surface area contributed by atoms with Crippen molar-refractivity contribution in [1.29, 1.82) is 0 Å². The number of rotatable bonds is 4. The van der Waals surface area contributed by atoms with Crippen molar-refractivity contribution in [2.45, 2.75) is 71.3 Å². The molecule has 30 heavy (non-hydrogen) atoms. The van der Waals surface area contributed by atoms with Gasteiger partial charge in [0.1, 0.15) is 13.2 Å². The summed E-state index contributed by atoms with van der Waals surface area (Å²) in [6.45, 7) is 3.64. The van der Waals surface area contributed by atoms with Gasteiger partial charge < -0.3 is 20.1 Å². The van der Waals surface area contributed by atoms with Crippen molar-refractivity contribution in [3.05, 3.63) is 11.6 Å². The van der Waals surface area contributed by atoms with Crippen molar-refractivity contribution in [2.75, 3.05) is 13.2 Å². The van der Waals surface area contributed by atoms with Crippen molar-refractivity contribution >= 4 is 17.7 Å². The van der Waals surface area contributed by atoms with Gasteiger partial charge in [0.05, 0.1) is 6.10 Å². The first-order valence-corrected chi connectivity index (χ1v) is 11.0. The summed E-state index contributed by atoms with van der Waals surface area (Å²) in [4.78, 5) is 31.1. The molecule has 4 aliphatic rings. The zero-order valence-corrected chi connectivity index (χ0v) is 17.9. The number of fused-ring (bicyclic) bond motifs is 5. The van der Waals surface area contributed by atoms with E-state index in [-0.39, 0.29) is 16.9 Å². The van der Waals surface area contributed by atoms with Crippen LogP contribution in [-0.2, 0) is 19.1 Å². The van der Waals surface area contributed by atoms with Gasteiger partial charge in [0.25, 0.3) is 0 Å². The molecule has 4 aliphatic carbocycles. The van der Waals surface area contributed by atoms with Crippen LogP contribution >= 0.6 is 0 Å². The van der Waals surface area contributed by atoms with Crippen molar-refractivity contribution in [3.8, 4) is 0 Å². The SMILES string of the molecule is C[C@]12CC[C@H]3[C@@H](CCC4=CC(=O)CC[C@@]43C)[C@@H]1CC[C@@H]2O.O=C(O)COCC(=O)O. The van der Waals surface area contributed by atoms with Gasteiger partial charge in [-0.3, -0.25) is 4.79 Å². The third-order valence-electron chi connectivity index (χ3n) is 8.36. The van der Waals surface area contributed by atoms with Crippen LogP contribution in [0, 0.1) is 28.6 Å². The number of ether oxygens (including phenoxy) is 1. The average molecular weight is 423 g/mol. The Morgan fingerprint density at radius 3 is 2.30 bits per heavy atom. The maximum Gasteiger partial charge on any atom is 0.329 e. The summed E-state index contributed by atoms with van der Waals surface area (Å²) >= 11 is 0. The molecule has 7 heteroatoms. The molecule has 0 saturated heterocycles. The molecular formula is C23H34O7. The number of allylic oxidation sites excluding steroid dienone is 1. The maximum absolute atomic E-state index is 11.8. The zero-order valence-electron chi connectivity index (χ0n) is 17.9. The van der Waals surface area contributed by atoms with E-state index < -0.39 is 25.2 Å². The van der Waals surface area contributed by atoms with Crippen molar-refractivity contribution in [1.82, 2.24) is 0 Å². The molecule has 4 rings (SSSR count). The Bertz CT molecular complexity index is 715. The minimum absolute atomic E-state index is 0.0823. The first-order chi connectivity index (χ1) is 14.1. The van der Waals surface area contributed by atoms with Gasteiger partial charge in [-0.1, -0.05) is 19.4 Å². The molecule has 0 aromatic rings. The summed E-state index contributed by atoms with van der Waals surface area (Å²) in [7, 11) is 0. The fourth-order valence-corrected chi connectivity index (χ4v) is 6.76. The highest BCUT2D eigenvalue weighted by atomic mass is 16.5. The summed E-state index contributed by atoms with van der Waals surface area (Å²) in [5.74, 6) is 0.234. The minimum atomic E-state index is -1.17. The summed E-state index contributed by atoms with van der Waals surface area (Å²) in [5, 5.41) is 26.3. The number of carboxylic acid groups (broad SMARTS) is 2. The number of carbonyl (C=O) groups is 3. The van der Waals surface area contributed by atoms with Crippen LogP contribution in [0.15, 0.2) is 11.6 Å². The molecule has 0 unspecified atom stereocenters. The topological polar surface area (TPSA) is 121 Å². The molecule has 3 saturated carbocycles. The van der Waals surface area contributed by atoms with Crippen LogP contribution in [0.2, 0.25) is 0 Å². The van der Waals surface area contributed by atoms with Crippen LogP contribution in [0.1, 0.15) is 65.2 Å². The zero-order chi connectivity index (χ0) is 22.1. The summed E-state index contributed by atoms with van der Waals surface area (Å²) in [6.07, 6.45) is 10.7. The lowest BCUT2D eigenvalue weighted by molar-refractivity contribution is -0.148. The molecule has 0 spiro atoms. The van der Waals surface area contributed by atoms with Gasteiger partial charge in [0, 0.05) is 6.42 Å². The van der Waals surface area contributed by atoms with E-state index in [9.17, 15) is 19.5 Å². The molecule has 168 valence electrons. The molecular weight excluding hydrogens is 388 g/mol. The minimum Gasteiger partial charge on any atom is -0.480 e. The summed E-state index contributed by atoms with van der Waals surface area (Å²) < 4.78 is 4.16. The standard InChI is InChI=1S/C19H28O2.C4H6O5/c1-18-9-7-13(20)11-12(18)3-4-14-15-5-6-17(21)19(15,2)10-8-16(14)18;5-3(6)1-9-2-4(7)8/h11,14-17,21H,3-10H2,1-2H3;1-2H2,(H,5,6)(H,7,8)/t14-,15-,16-,17-,18-,19-;/m0./s1. The lowest BCUT2D eigenvalue weighted by atomic mass is 9.47. The van der Waals surface area contributed by atoms with Gasteiger partial charge in [0.2, 0.25) is 0 Å². The van der Waals surface area contributed by atoms with Gasteiger partial charge in [-0.25, -0.2) is 9.59 Å². The molecule has 0 radical (unpaired) electrons. The van der Waals surface area contributed by atoms with Crippen LogP contribution in [0.5, 0.6) is 0 Å². The van der Waals surface area contributed by atoms with Crippen LogP contribution in [0.3, 0.4) is 0 Å². The number of hydrogen-bond donors (Lipinski definition) is 3. The third-order valence-corrected chi connectivity index (χ3v) is 8.36. The average Bonchev–Trinajstić information content (AvgIpc) is 2.97. The molecule has 3 fully saturated rings. The van der Waals surface area contributed by atoms with Gasteiger partial charge in [-0.05, 0) is 79.6 Å². The quantitative estimate of drug-likeness (QED) is 0.636. The highest BCUT2D eigenvalue weighted by Gasteiger charge is 2.58.